The Morgan fingerprint density at radius 2 is 1.75 bits per heavy atom. The van der Waals surface area contributed by atoms with Crippen molar-refractivity contribution in [3.63, 3.8) is 0 Å². The van der Waals surface area contributed by atoms with Crippen molar-refractivity contribution in [2.24, 2.45) is 5.73 Å². The van der Waals surface area contributed by atoms with Crippen LogP contribution in [0.25, 0.3) is 0 Å². The summed E-state index contributed by atoms with van der Waals surface area (Å²) in [6, 6.07) is 0. The number of rotatable bonds is 1. The second-order valence-electron chi connectivity index (χ2n) is 5.92. The lowest BCUT2D eigenvalue weighted by Gasteiger charge is -2.18. The van der Waals surface area contributed by atoms with E-state index < -0.39 is 5.97 Å². The van der Waals surface area contributed by atoms with E-state index in [0.29, 0.717) is 6.54 Å². The standard InChI is InChI=1S/C14H21NO.C2H4O2/c1-8-9(2)13-11(6-14(4,5)16-13)10(3)12(8)7-15;1-2(3)4/h6-7,15H2,1-5H3;1H3,(H,3,4). The van der Waals surface area contributed by atoms with Gasteiger partial charge in [0.25, 0.3) is 5.97 Å². The van der Waals surface area contributed by atoms with E-state index in [1.165, 1.54) is 27.8 Å². The van der Waals surface area contributed by atoms with E-state index in [0.717, 1.165) is 19.1 Å². The van der Waals surface area contributed by atoms with Crippen LogP contribution in [0.2, 0.25) is 0 Å². The fraction of sp³-hybridized carbons (Fsp3) is 0.562. The first-order valence-corrected chi connectivity index (χ1v) is 6.80. The second-order valence-corrected chi connectivity index (χ2v) is 5.92. The van der Waals surface area contributed by atoms with Gasteiger partial charge in [-0.05, 0) is 56.9 Å². The zero-order valence-corrected chi connectivity index (χ0v) is 13.3. The fourth-order valence-corrected chi connectivity index (χ4v) is 2.65. The smallest absolute Gasteiger partial charge is 0.300 e. The average Bonchev–Trinajstić information content (AvgIpc) is 2.63. The molecule has 1 aliphatic rings. The maximum absolute atomic E-state index is 9.00. The van der Waals surface area contributed by atoms with E-state index in [1.54, 1.807) is 0 Å². The molecule has 0 saturated heterocycles. The van der Waals surface area contributed by atoms with Crippen molar-refractivity contribution in [1.82, 2.24) is 0 Å². The highest BCUT2D eigenvalue weighted by Crippen LogP contribution is 2.42. The van der Waals surface area contributed by atoms with Crippen molar-refractivity contribution >= 4 is 5.97 Å². The number of hydrogen-bond acceptors (Lipinski definition) is 3. The van der Waals surface area contributed by atoms with Crippen LogP contribution in [0.5, 0.6) is 5.75 Å². The summed E-state index contributed by atoms with van der Waals surface area (Å²) in [5.74, 6) is 0.261. The van der Waals surface area contributed by atoms with Crippen LogP contribution in [0.1, 0.15) is 48.6 Å². The van der Waals surface area contributed by atoms with E-state index in [9.17, 15) is 0 Å². The van der Waals surface area contributed by atoms with Crippen molar-refractivity contribution in [2.45, 2.75) is 60.1 Å². The van der Waals surface area contributed by atoms with Gasteiger partial charge in [-0.3, -0.25) is 4.79 Å². The summed E-state index contributed by atoms with van der Waals surface area (Å²) in [6.45, 7) is 12.4. The first-order valence-electron chi connectivity index (χ1n) is 6.80. The highest BCUT2D eigenvalue weighted by Gasteiger charge is 2.33. The van der Waals surface area contributed by atoms with Gasteiger partial charge in [0.15, 0.2) is 0 Å². The van der Waals surface area contributed by atoms with Gasteiger partial charge >= 0.3 is 0 Å². The molecule has 1 aromatic rings. The zero-order chi connectivity index (χ0) is 15.7. The Hall–Kier alpha value is -1.55. The highest BCUT2D eigenvalue weighted by atomic mass is 16.5. The van der Waals surface area contributed by atoms with E-state index in [2.05, 4.69) is 34.6 Å². The van der Waals surface area contributed by atoms with Crippen molar-refractivity contribution in [3.05, 3.63) is 27.8 Å². The molecule has 0 amide bonds. The van der Waals surface area contributed by atoms with Crippen LogP contribution in [0.3, 0.4) is 0 Å². The number of carbonyl (C=O) groups is 1. The van der Waals surface area contributed by atoms with E-state index in [-0.39, 0.29) is 5.60 Å². The molecule has 4 nitrogen and oxygen atoms in total. The minimum atomic E-state index is -0.833. The topological polar surface area (TPSA) is 72.5 Å². The minimum absolute atomic E-state index is 0.0719. The molecule has 0 bridgehead atoms. The minimum Gasteiger partial charge on any atom is -0.487 e. The number of aliphatic carboxylic acids is 1. The number of carboxylic acids is 1. The molecule has 1 aliphatic heterocycles. The second kappa shape index (κ2) is 5.83. The van der Waals surface area contributed by atoms with Gasteiger partial charge in [-0.2, -0.15) is 0 Å². The summed E-state index contributed by atoms with van der Waals surface area (Å²) in [5, 5.41) is 7.42. The van der Waals surface area contributed by atoms with Crippen LogP contribution >= 0.6 is 0 Å². The summed E-state index contributed by atoms with van der Waals surface area (Å²) in [6.07, 6.45) is 0.988. The number of nitrogens with two attached hydrogens (primary N) is 1. The van der Waals surface area contributed by atoms with Gasteiger partial charge in [0.1, 0.15) is 11.4 Å². The number of benzene rings is 1. The van der Waals surface area contributed by atoms with Gasteiger partial charge in [-0.15, -0.1) is 0 Å². The molecule has 112 valence electrons. The van der Waals surface area contributed by atoms with Crippen LogP contribution in [0, 0.1) is 20.8 Å². The molecular weight excluding hydrogens is 254 g/mol. The van der Waals surface area contributed by atoms with Crippen LogP contribution in [-0.4, -0.2) is 16.7 Å². The van der Waals surface area contributed by atoms with Crippen molar-refractivity contribution < 1.29 is 14.6 Å². The third kappa shape index (κ3) is 3.31. The number of fused-ring (bicyclic) bond motifs is 1. The molecule has 2 rings (SSSR count). The molecule has 0 aliphatic carbocycles. The third-order valence-corrected chi connectivity index (χ3v) is 3.72. The summed E-state index contributed by atoms with van der Waals surface area (Å²) >= 11 is 0. The molecule has 20 heavy (non-hydrogen) atoms. The van der Waals surface area contributed by atoms with E-state index in [1.807, 2.05) is 0 Å². The monoisotopic (exact) mass is 279 g/mol. The molecule has 0 radical (unpaired) electrons. The Labute approximate surface area is 120 Å². The lowest BCUT2D eigenvalue weighted by Crippen LogP contribution is -2.24. The highest BCUT2D eigenvalue weighted by molar-refractivity contribution is 5.63. The van der Waals surface area contributed by atoms with Gasteiger partial charge in [0.2, 0.25) is 0 Å². The SMILES string of the molecule is CC(=O)O.Cc1c(C)c2c(c(C)c1CN)CC(C)(C)O2. The normalized spacial score (nSPS) is 14.9. The predicted molar refractivity (Wildman–Crippen MR) is 80.3 cm³/mol. The van der Waals surface area contributed by atoms with Gasteiger partial charge in [0.05, 0.1) is 0 Å². The van der Waals surface area contributed by atoms with Crippen LogP contribution < -0.4 is 10.5 Å². The Balaban J connectivity index is 0.000000444. The Morgan fingerprint density at radius 1 is 1.25 bits per heavy atom. The lowest BCUT2D eigenvalue weighted by molar-refractivity contribution is -0.134. The van der Waals surface area contributed by atoms with Gasteiger partial charge in [0, 0.05) is 25.5 Å². The van der Waals surface area contributed by atoms with Crippen LogP contribution in [0.15, 0.2) is 0 Å². The number of ether oxygens (including phenoxy) is 1. The number of carboxylic acid groups (broad SMARTS) is 1. The molecular formula is C16H25NO3. The fourth-order valence-electron chi connectivity index (χ4n) is 2.65. The molecule has 0 spiro atoms. The summed E-state index contributed by atoms with van der Waals surface area (Å²) in [4.78, 5) is 9.00. The molecule has 0 aromatic heterocycles. The largest absolute Gasteiger partial charge is 0.487 e. The van der Waals surface area contributed by atoms with Gasteiger partial charge < -0.3 is 15.6 Å². The van der Waals surface area contributed by atoms with E-state index in [4.69, 9.17) is 20.4 Å². The molecule has 4 heteroatoms. The third-order valence-electron chi connectivity index (χ3n) is 3.72. The molecule has 0 unspecified atom stereocenters. The zero-order valence-electron chi connectivity index (χ0n) is 13.3. The molecule has 3 N–H and O–H groups in total. The molecule has 0 saturated carbocycles. The summed E-state index contributed by atoms with van der Waals surface area (Å²) < 4.78 is 6.05. The molecule has 0 fully saturated rings. The van der Waals surface area contributed by atoms with Crippen LogP contribution in [0.4, 0.5) is 0 Å². The Morgan fingerprint density at radius 3 is 2.20 bits per heavy atom. The Kier molecular flexibility index (Phi) is 4.81. The molecule has 1 heterocycles. The predicted octanol–water partition coefficient (Wildman–Crippen LogP) is 2.87. The quantitative estimate of drug-likeness (QED) is 0.829. The van der Waals surface area contributed by atoms with Crippen molar-refractivity contribution in [1.29, 1.82) is 0 Å². The summed E-state index contributed by atoms with van der Waals surface area (Å²) in [5.41, 5.74) is 12.3. The van der Waals surface area contributed by atoms with Gasteiger partial charge in [-0.25, -0.2) is 0 Å². The van der Waals surface area contributed by atoms with Gasteiger partial charge in [-0.1, -0.05) is 0 Å². The maximum atomic E-state index is 9.00. The lowest BCUT2D eigenvalue weighted by atomic mass is 9.90. The first-order chi connectivity index (χ1) is 9.10. The van der Waals surface area contributed by atoms with Crippen molar-refractivity contribution in [2.75, 3.05) is 0 Å². The molecule has 0 atom stereocenters. The number of hydrogen-bond donors (Lipinski definition) is 2. The van der Waals surface area contributed by atoms with Crippen LogP contribution in [-0.2, 0) is 17.8 Å². The first kappa shape index (κ1) is 16.5. The Bertz CT molecular complexity index is 529. The van der Waals surface area contributed by atoms with E-state index >= 15 is 0 Å². The molecule has 1 aromatic carbocycles. The summed E-state index contributed by atoms with van der Waals surface area (Å²) in [7, 11) is 0. The van der Waals surface area contributed by atoms with Crippen molar-refractivity contribution in [3.8, 4) is 5.75 Å². The maximum Gasteiger partial charge on any atom is 0.300 e. The average molecular weight is 279 g/mol.